The van der Waals surface area contributed by atoms with E-state index in [1.807, 2.05) is 0 Å². The molecule has 2 aromatic heterocycles. The van der Waals surface area contributed by atoms with Crippen LogP contribution in [0.4, 0.5) is 13.2 Å². The van der Waals surface area contributed by atoms with Crippen LogP contribution in [0.2, 0.25) is 0 Å². The number of nitrogens with one attached hydrogen (secondary N) is 1. The first-order valence-electron chi connectivity index (χ1n) is 9.30. The lowest BCUT2D eigenvalue weighted by atomic mass is 10.1. The minimum atomic E-state index is -4.55. The van der Waals surface area contributed by atoms with Crippen molar-refractivity contribution in [3.8, 4) is 17.1 Å². The Labute approximate surface area is 175 Å². The number of esters is 1. The summed E-state index contributed by atoms with van der Waals surface area (Å²) in [6.45, 7) is 5.08. The van der Waals surface area contributed by atoms with Crippen molar-refractivity contribution in [3.05, 3.63) is 54.4 Å². The number of aromatic amines is 1. The Bertz CT molecular complexity index is 1060. The molecule has 8 nitrogen and oxygen atoms in total. The van der Waals surface area contributed by atoms with E-state index in [1.54, 1.807) is 27.0 Å². The van der Waals surface area contributed by atoms with Gasteiger partial charge in [0.15, 0.2) is 11.9 Å². The highest BCUT2D eigenvalue weighted by Crippen LogP contribution is 2.35. The Balaban J connectivity index is 1.76. The summed E-state index contributed by atoms with van der Waals surface area (Å²) >= 11 is 0. The topological polar surface area (TPSA) is 94.9 Å². The molecular weight excluding hydrogens is 415 g/mol. The molecule has 31 heavy (non-hydrogen) atoms. The molecule has 1 atom stereocenters. The maximum absolute atomic E-state index is 13.3. The Kier molecular flexibility index (Phi) is 6.42. The molecule has 3 aromatic rings. The third-order valence-corrected chi connectivity index (χ3v) is 3.93. The molecule has 0 aliphatic carbocycles. The monoisotopic (exact) mass is 435 g/mol. The lowest BCUT2D eigenvalue weighted by molar-refractivity contribution is -0.142. The number of hydrogen-bond donors (Lipinski definition) is 1. The van der Waals surface area contributed by atoms with E-state index in [0.717, 1.165) is 18.2 Å². The predicted molar refractivity (Wildman–Crippen MR) is 105 cm³/mol. The summed E-state index contributed by atoms with van der Waals surface area (Å²) in [7, 11) is 0. The molecule has 0 bridgehead atoms. The summed E-state index contributed by atoms with van der Waals surface area (Å²) in [6, 6.07) is 3.30. The molecule has 0 amide bonds. The SMILES string of the molecule is CC(C)Oc1cc(-c2ncn(/C=C\C(=O)O[C@@H](C)c3ncc[nH]3)n2)cc(C(F)(F)F)c1. The first kappa shape index (κ1) is 22.1. The number of alkyl halides is 3. The van der Waals surface area contributed by atoms with Gasteiger partial charge in [-0.15, -0.1) is 5.10 Å². The van der Waals surface area contributed by atoms with Crippen LogP contribution < -0.4 is 4.74 Å². The van der Waals surface area contributed by atoms with Crippen molar-refractivity contribution >= 4 is 12.2 Å². The van der Waals surface area contributed by atoms with Crippen molar-refractivity contribution in [2.75, 3.05) is 0 Å². The van der Waals surface area contributed by atoms with Crippen molar-refractivity contribution in [3.63, 3.8) is 0 Å². The number of aromatic nitrogens is 5. The van der Waals surface area contributed by atoms with Crippen LogP contribution in [0, 0.1) is 0 Å². The smallest absolute Gasteiger partial charge is 0.416 e. The van der Waals surface area contributed by atoms with E-state index in [-0.39, 0.29) is 23.2 Å². The molecule has 1 aromatic carbocycles. The molecule has 0 unspecified atom stereocenters. The third kappa shape index (κ3) is 5.93. The number of rotatable bonds is 7. The lowest BCUT2D eigenvalue weighted by Crippen LogP contribution is -2.09. The maximum Gasteiger partial charge on any atom is 0.416 e. The number of hydrogen-bond acceptors (Lipinski definition) is 6. The Morgan fingerprint density at radius 3 is 2.61 bits per heavy atom. The van der Waals surface area contributed by atoms with E-state index in [4.69, 9.17) is 9.47 Å². The molecule has 2 heterocycles. The number of halogens is 3. The molecule has 3 rings (SSSR count). The summed E-state index contributed by atoms with van der Waals surface area (Å²) in [5.41, 5.74) is -0.741. The third-order valence-electron chi connectivity index (χ3n) is 3.93. The van der Waals surface area contributed by atoms with Crippen LogP contribution in [0.1, 0.15) is 38.3 Å². The van der Waals surface area contributed by atoms with Gasteiger partial charge in [0.1, 0.15) is 17.9 Å². The van der Waals surface area contributed by atoms with Crippen LogP contribution in [0.5, 0.6) is 5.75 Å². The minimum absolute atomic E-state index is 0.0432. The van der Waals surface area contributed by atoms with Gasteiger partial charge in [0.05, 0.1) is 11.7 Å². The van der Waals surface area contributed by atoms with Gasteiger partial charge in [-0.05, 0) is 39.0 Å². The van der Waals surface area contributed by atoms with Crippen molar-refractivity contribution < 1.29 is 27.4 Å². The van der Waals surface area contributed by atoms with E-state index in [0.29, 0.717) is 5.82 Å². The van der Waals surface area contributed by atoms with Gasteiger partial charge in [0.25, 0.3) is 0 Å². The first-order chi connectivity index (χ1) is 14.6. The largest absolute Gasteiger partial charge is 0.491 e. The average molecular weight is 435 g/mol. The molecule has 1 N–H and O–H groups in total. The number of ether oxygens (including phenoxy) is 2. The van der Waals surface area contributed by atoms with E-state index < -0.39 is 23.8 Å². The summed E-state index contributed by atoms with van der Waals surface area (Å²) in [5, 5.41) is 4.09. The van der Waals surface area contributed by atoms with Gasteiger partial charge in [-0.25, -0.2) is 19.4 Å². The zero-order valence-corrected chi connectivity index (χ0v) is 16.9. The highest BCUT2D eigenvalue weighted by molar-refractivity contribution is 5.85. The van der Waals surface area contributed by atoms with Gasteiger partial charge in [0.2, 0.25) is 0 Å². The molecule has 11 heteroatoms. The van der Waals surface area contributed by atoms with Crippen LogP contribution in [-0.2, 0) is 15.7 Å². The first-order valence-corrected chi connectivity index (χ1v) is 9.30. The van der Waals surface area contributed by atoms with Gasteiger partial charge < -0.3 is 14.5 Å². The van der Waals surface area contributed by atoms with E-state index >= 15 is 0 Å². The standard InChI is InChI=1S/C20H20F3N5O3/c1-12(2)30-16-9-14(8-15(10-16)20(21,22)23)19-26-11-28(27-19)7-4-17(29)31-13(3)18-24-5-6-25-18/h4-13H,1-3H3,(H,24,25)/b7-4-/t13-/m0/s1. The highest BCUT2D eigenvalue weighted by atomic mass is 19.4. The number of carbonyl (C=O) groups is 1. The van der Waals surface area contributed by atoms with Crippen LogP contribution in [0.25, 0.3) is 17.6 Å². The summed E-state index contributed by atoms with van der Waals surface area (Å²) in [6.07, 6.45) is 1.38. The van der Waals surface area contributed by atoms with E-state index in [1.165, 1.54) is 29.5 Å². The number of benzene rings is 1. The van der Waals surface area contributed by atoms with Crippen LogP contribution in [0.3, 0.4) is 0 Å². The molecule has 0 aliphatic heterocycles. The van der Waals surface area contributed by atoms with E-state index in [2.05, 4.69) is 20.1 Å². The van der Waals surface area contributed by atoms with Gasteiger partial charge in [-0.2, -0.15) is 13.2 Å². The van der Waals surface area contributed by atoms with Crippen molar-refractivity contribution in [1.29, 1.82) is 0 Å². The second-order valence-corrected chi connectivity index (χ2v) is 6.83. The fourth-order valence-electron chi connectivity index (χ4n) is 2.62. The second kappa shape index (κ2) is 9.02. The molecule has 0 spiro atoms. The molecule has 164 valence electrons. The Hall–Kier alpha value is -3.63. The zero-order chi connectivity index (χ0) is 22.6. The quantitative estimate of drug-likeness (QED) is 0.440. The molecule has 0 saturated carbocycles. The normalized spacial score (nSPS) is 13.0. The van der Waals surface area contributed by atoms with Crippen molar-refractivity contribution in [2.45, 2.75) is 39.2 Å². The molecule has 0 aliphatic rings. The van der Waals surface area contributed by atoms with Crippen molar-refractivity contribution in [2.24, 2.45) is 0 Å². The van der Waals surface area contributed by atoms with Gasteiger partial charge in [-0.1, -0.05) is 0 Å². The van der Waals surface area contributed by atoms with Crippen molar-refractivity contribution in [1.82, 2.24) is 24.7 Å². The lowest BCUT2D eigenvalue weighted by Gasteiger charge is -2.14. The number of nitrogens with zero attached hydrogens (tertiary/aromatic N) is 4. The van der Waals surface area contributed by atoms with Gasteiger partial charge in [-0.3, -0.25) is 0 Å². The molecule has 0 radical (unpaired) electrons. The Morgan fingerprint density at radius 1 is 1.19 bits per heavy atom. The van der Waals surface area contributed by atoms with Crippen LogP contribution >= 0.6 is 0 Å². The number of imidazole rings is 1. The molecule has 0 saturated heterocycles. The summed E-state index contributed by atoms with van der Waals surface area (Å²) < 4.78 is 51.6. The van der Waals surface area contributed by atoms with E-state index in [9.17, 15) is 18.0 Å². The molecular formula is C20H20F3N5O3. The molecule has 0 fully saturated rings. The Morgan fingerprint density at radius 2 is 1.97 bits per heavy atom. The highest BCUT2D eigenvalue weighted by Gasteiger charge is 2.32. The summed E-state index contributed by atoms with van der Waals surface area (Å²) in [5.74, 6) is -0.0507. The second-order valence-electron chi connectivity index (χ2n) is 6.83. The average Bonchev–Trinajstić information content (AvgIpc) is 3.37. The number of carbonyl (C=O) groups excluding carboxylic acids is 1. The van der Waals surface area contributed by atoms with Gasteiger partial charge in [0, 0.05) is 30.2 Å². The zero-order valence-electron chi connectivity index (χ0n) is 16.9. The maximum atomic E-state index is 13.3. The minimum Gasteiger partial charge on any atom is -0.491 e. The van der Waals surface area contributed by atoms with Gasteiger partial charge >= 0.3 is 12.1 Å². The summed E-state index contributed by atoms with van der Waals surface area (Å²) in [4.78, 5) is 22.8. The van der Waals surface area contributed by atoms with Crippen LogP contribution in [-0.4, -0.2) is 36.8 Å². The predicted octanol–water partition coefficient (Wildman–Crippen LogP) is 4.25. The fourth-order valence-corrected chi connectivity index (χ4v) is 2.62. The fraction of sp³-hybridized carbons (Fsp3) is 0.300. The van der Waals surface area contributed by atoms with Crippen LogP contribution in [0.15, 0.2) is 43.0 Å². The number of H-pyrrole nitrogens is 1.